The molecule has 1 unspecified atom stereocenters. The van der Waals surface area contributed by atoms with Crippen molar-refractivity contribution in [1.82, 2.24) is 4.98 Å². The van der Waals surface area contributed by atoms with Crippen molar-refractivity contribution >= 4 is 27.3 Å². The summed E-state index contributed by atoms with van der Waals surface area (Å²) >= 11 is 5.26. The number of hydrogen-bond acceptors (Lipinski definition) is 2. The second kappa shape index (κ2) is 5.32. The lowest BCUT2D eigenvalue weighted by Crippen LogP contribution is -1.90. The molecule has 2 rings (SSSR count). The van der Waals surface area contributed by atoms with Crippen LogP contribution in [0.5, 0.6) is 0 Å². The van der Waals surface area contributed by atoms with Crippen molar-refractivity contribution in [3.05, 3.63) is 38.6 Å². The molecule has 1 heterocycles. The molecule has 2 aromatic rings. The lowest BCUT2D eigenvalue weighted by Gasteiger charge is -2.09. The van der Waals surface area contributed by atoms with E-state index in [1.165, 1.54) is 17.5 Å². The van der Waals surface area contributed by atoms with E-state index in [2.05, 4.69) is 59.0 Å². The average molecular weight is 310 g/mol. The van der Waals surface area contributed by atoms with E-state index in [4.69, 9.17) is 0 Å². The Morgan fingerprint density at radius 1 is 1.29 bits per heavy atom. The summed E-state index contributed by atoms with van der Waals surface area (Å²) in [4.78, 5) is 4.55. The first kappa shape index (κ1) is 12.8. The molecule has 0 saturated carbocycles. The van der Waals surface area contributed by atoms with Crippen LogP contribution in [0.25, 0.3) is 11.3 Å². The van der Waals surface area contributed by atoms with Crippen LogP contribution in [-0.4, -0.2) is 4.98 Å². The van der Waals surface area contributed by atoms with Gasteiger partial charge in [-0.25, -0.2) is 4.98 Å². The van der Waals surface area contributed by atoms with Crippen molar-refractivity contribution in [1.29, 1.82) is 0 Å². The van der Waals surface area contributed by atoms with Crippen molar-refractivity contribution in [3.63, 3.8) is 0 Å². The maximum Gasteiger partial charge on any atom is 0.0979 e. The average Bonchev–Trinajstić information content (AvgIpc) is 2.68. The molecule has 0 amide bonds. The Labute approximate surface area is 115 Å². The molecule has 0 spiro atoms. The lowest BCUT2D eigenvalue weighted by atomic mass is 9.97. The SMILES string of the molecule is CCC(C)c1ccc(-c2nc(C)sc2Br)cc1. The van der Waals surface area contributed by atoms with Crippen molar-refractivity contribution < 1.29 is 0 Å². The zero-order valence-corrected chi connectivity index (χ0v) is 12.7. The maximum atomic E-state index is 4.55. The standard InChI is InChI=1S/C14H16BrNS/c1-4-9(2)11-5-7-12(8-6-11)13-14(15)17-10(3)16-13/h5-9H,4H2,1-3H3. The van der Waals surface area contributed by atoms with Crippen molar-refractivity contribution in [2.24, 2.45) is 0 Å². The Hall–Kier alpha value is -0.670. The molecule has 0 aliphatic carbocycles. The highest BCUT2D eigenvalue weighted by Gasteiger charge is 2.09. The molecule has 0 saturated heterocycles. The molecular formula is C14H16BrNS. The van der Waals surface area contributed by atoms with Gasteiger partial charge in [-0.1, -0.05) is 38.1 Å². The fourth-order valence-corrected chi connectivity index (χ4v) is 3.46. The van der Waals surface area contributed by atoms with E-state index in [0.29, 0.717) is 5.92 Å². The minimum absolute atomic E-state index is 0.629. The van der Waals surface area contributed by atoms with E-state index in [0.717, 1.165) is 14.5 Å². The van der Waals surface area contributed by atoms with Crippen LogP contribution in [0, 0.1) is 6.92 Å². The second-order valence-corrected chi connectivity index (χ2v) is 6.81. The monoisotopic (exact) mass is 309 g/mol. The van der Waals surface area contributed by atoms with Crippen LogP contribution in [-0.2, 0) is 0 Å². The topological polar surface area (TPSA) is 12.9 Å². The summed E-state index contributed by atoms with van der Waals surface area (Å²) in [5.74, 6) is 0.629. The minimum atomic E-state index is 0.629. The van der Waals surface area contributed by atoms with Gasteiger partial charge in [-0.2, -0.15) is 0 Å². The number of halogens is 1. The molecule has 0 fully saturated rings. The predicted octanol–water partition coefficient (Wildman–Crippen LogP) is 5.39. The fraction of sp³-hybridized carbons (Fsp3) is 0.357. The number of nitrogens with zero attached hydrogens (tertiary/aromatic N) is 1. The van der Waals surface area contributed by atoms with E-state index < -0.39 is 0 Å². The predicted molar refractivity (Wildman–Crippen MR) is 78.7 cm³/mol. The quantitative estimate of drug-likeness (QED) is 0.740. The highest BCUT2D eigenvalue weighted by molar-refractivity contribution is 9.11. The van der Waals surface area contributed by atoms with Crippen molar-refractivity contribution in [2.45, 2.75) is 33.1 Å². The Balaban J connectivity index is 2.32. The molecule has 17 heavy (non-hydrogen) atoms. The van der Waals surface area contributed by atoms with E-state index in [1.54, 1.807) is 11.3 Å². The fourth-order valence-electron chi connectivity index (χ4n) is 1.79. The first-order valence-electron chi connectivity index (χ1n) is 5.85. The van der Waals surface area contributed by atoms with Gasteiger partial charge in [0.15, 0.2) is 0 Å². The van der Waals surface area contributed by atoms with E-state index in [1.807, 2.05) is 6.92 Å². The molecule has 1 aromatic heterocycles. The highest BCUT2D eigenvalue weighted by atomic mass is 79.9. The minimum Gasteiger partial charge on any atom is -0.240 e. The van der Waals surface area contributed by atoms with Gasteiger partial charge < -0.3 is 0 Å². The van der Waals surface area contributed by atoms with Crippen LogP contribution in [0.1, 0.15) is 36.8 Å². The first-order chi connectivity index (χ1) is 8.11. The molecule has 90 valence electrons. The van der Waals surface area contributed by atoms with Crippen molar-refractivity contribution in [3.8, 4) is 11.3 Å². The third-order valence-corrected chi connectivity index (χ3v) is 4.68. The van der Waals surface area contributed by atoms with Gasteiger partial charge in [0.05, 0.1) is 14.5 Å². The number of thiazole rings is 1. The van der Waals surface area contributed by atoms with Crippen LogP contribution in [0.3, 0.4) is 0 Å². The first-order valence-corrected chi connectivity index (χ1v) is 7.46. The number of aryl methyl sites for hydroxylation is 1. The molecule has 1 nitrogen and oxygen atoms in total. The van der Waals surface area contributed by atoms with Crippen molar-refractivity contribution in [2.75, 3.05) is 0 Å². The number of benzene rings is 1. The largest absolute Gasteiger partial charge is 0.240 e. The van der Waals surface area contributed by atoms with Gasteiger partial charge >= 0.3 is 0 Å². The van der Waals surface area contributed by atoms with Crippen LogP contribution >= 0.6 is 27.3 Å². The van der Waals surface area contributed by atoms with E-state index in [-0.39, 0.29) is 0 Å². The molecule has 3 heteroatoms. The smallest absolute Gasteiger partial charge is 0.0979 e. The molecular weight excluding hydrogens is 294 g/mol. The lowest BCUT2D eigenvalue weighted by molar-refractivity contribution is 0.734. The Kier molecular flexibility index (Phi) is 4.00. The summed E-state index contributed by atoms with van der Waals surface area (Å²) in [6.07, 6.45) is 1.18. The van der Waals surface area contributed by atoms with Crippen LogP contribution in [0.2, 0.25) is 0 Å². The summed E-state index contributed by atoms with van der Waals surface area (Å²) in [6.45, 7) is 6.52. The Bertz CT molecular complexity index is 501. The number of hydrogen-bond donors (Lipinski definition) is 0. The van der Waals surface area contributed by atoms with Gasteiger partial charge in [0.1, 0.15) is 0 Å². The third-order valence-electron chi connectivity index (χ3n) is 3.06. The van der Waals surface area contributed by atoms with E-state index in [9.17, 15) is 0 Å². The number of aromatic nitrogens is 1. The number of rotatable bonds is 3. The van der Waals surface area contributed by atoms with Crippen LogP contribution in [0.15, 0.2) is 28.1 Å². The molecule has 0 bridgehead atoms. The van der Waals surface area contributed by atoms with Gasteiger partial charge in [-0.15, -0.1) is 11.3 Å². The molecule has 0 N–H and O–H groups in total. The van der Waals surface area contributed by atoms with E-state index >= 15 is 0 Å². The van der Waals surface area contributed by atoms with Gasteiger partial charge in [-0.3, -0.25) is 0 Å². The summed E-state index contributed by atoms with van der Waals surface area (Å²) in [5.41, 5.74) is 3.65. The molecule has 0 radical (unpaired) electrons. The maximum absolute atomic E-state index is 4.55. The van der Waals surface area contributed by atoms with Gasteiger partial charge in [-0.05, 0) is 40.8 Å². The summed E-state index contributed by atoms with van der Waals surface area (Å²) in [6, 6.07) is 8.76. The highest BCUT2D eigenvalue weighted by Crippen LogP contribution is 2.33. The molecule has 1 atom stereocenters. The van der Waals surface area contributed by atoms with Gasteiger partial charge in [0.25, 0.3) is 0 Å². The third kappa shape index (κ3) is 2.78. The zero-order valence-electron chi connectivity index (χ0n) is 10.3. The Morgan fingerprint density at radius 3 is 2.41 bits per heavy atom. The summed E-state index contributed by atoms with van der Waals surface area (Å²) < 4.78 is 1.12. The Morgan fingerprint density at radius 2 is 1.94 bits per heavy atom. The zero-order chi connectivity index (χ0) is 12.4. The second-order valence-electron chi connectivity index (χ2n) is 4.29. The van der Waals surface area contributed by atoms with Gasteiger partial charge in [0, 0.05) is 5.56 Å². The molecule has 1 aromatic carbocycles. The van der Waals surface area contributed by atoms with Crippen LogP contribution < -0.4 is 0 Å². The summed E-state index contributed by atoms with van der Waals surface area (Å²) in [7, 11) is 0. The summed E-state index contributed by atoms with van der Waals surface area (Å²) in [5, 5.41) is 1.10. The van der Waals surface area contributed by atoms with Gasteiger partial charge in [0.2, 0.25) is 0 Å². The molecule has 0 aliphatic rings. The normalized spacial score (nSPS) is 12.7. The molecule has 0 aliphatic heterocycles. The van der Waals surface area contributed by atoms with Crippen LogP contribution in [0.4, 0.5) is 0 Å².